The number of hydrogen-bond donors (Lipinski definition) is 1. The van der Waals surface area contributed by atoms with Gasteiger partial charge in [0.05, 0.1) is 5.52 Å². The van der Waals surface area contributed by atoms with E-state index in [9.17, 15) is 9.59 Å². The average Bonchev–Trinajstić information content (AvgIpc) is 2.55. The minimum Gasteiger partial charge on any atom is -0.408 e. The molecule has 4 nitrogen and oxygen atoms in total. The number of carbonyl (C=O) groups is 1. The summed E-state index contributed by atoms with van der Waals surface area (Å²) in [5, 5.41) is 0. The van der Waals surface area contributed by atoms with Crippen molar-refractivity contribution in [2.24, 2.45) is 5.92 Å². The smallest absolute Gasteiger partial charge is 0.408 e. The van der Waals surface area contributed by atoms with E-state index in [4.69, 9.17) is 4.42 Å². The van der Waals surface area contributed by atoms with Crippen LogP contribution < -0.4 is 5.76 Å². The van der Waals surface area contributed by atoms with Gasteiger partial charge >= 0.3 is 5.76 Å². The fraction of sp³-hybridized carbons (Fsp3) is 0.273. The SMILES string of the molecule is CC(C)C(=O)c1ccc2[nH]c(=O)oc2c1. The van der Waals surface area contributed by atoms with Crippen molar-refractivity contribution < 1.29 is 9.21 Å². The van der Waals surface area contributed by atoms with E-state index >= 15 is 0 Å². The second-order valence-corrected chi connectivity index (χ2v) is 3.74. The number of nitrogens with one attached hydrogen (secondary N) is 1. The Hall–Kier alpha value is -1.84. The van der Waals surface area contributed by atoms with E-state index in [0.29, 0.717) is 16.7 Å². The minimum absolute atomic E-state index is 0.0424. The van der Waals surface area contributed by atoms with Crippen LogP contribution in [0.15, 0.2) is 27.4 Å². The van der Waals surface area contributed by atoms with Gasteiger partial charge in [-0.2, -0.15) is 0 Å². The van der Waals surface area contributed by atoms with Gasteiger partial charge in [0.25, 0.3) is 0 Å². The molecule has 2 aromatic rings. The molecule has 1 heterocycles. The van der Waals surface area contributed by atoms with Gasteiger partial charge in [-0.3, -0.25) is 9.78 Å². The standard InChI is InChI=1S/C11H11NO3/c1-6(2)10(13)7-3-4-8-9(5-7)15-11(14)12-8/h3-6H,1-2H3,(H,12,14). The van der Waals surface area contributed by atoms with Gasteiger partial charge in [-0.05, 0) is 18.2 Å². The molecule has 0 aliphatic rings. The van der Waals surface area contributed by atoms with Crippen LogP contribution in [0.1, 0.15) is 24.2 Å². The lowest BCUT2D eigenvalue weighted by Gasteiger charge is -2.02. The lowest BCUT2D eigenvalue weighted by atomic mass is 10.0. The highest BCUT2D eigenvalue weighted by molar-refractivity contribution is 5.99. The first-order valence-corrected chi connectivity index (χ1v) is 4.75. The summed E-state index contributed by atoms with van der Waals surface area (Å²) in [6, 6.07) is 4.96. The van der Waals surface area contributed by atoms with Crippen LogP contribution in [0.25, 0.3) is 11.1 Å². The molecule has 1 aromatic carbocycles. The summed E-state index contributed by atoms with van der Waals surface area (Å²) < 4.78 is 4.88. The van der Waals surface area contributed by atoms with Crippen LogP contribution in [0.3, 0.4) is 0 Å². The number of oxazole rings is 1. The van der Waals surface area contributed by atoms with Crippen molar-refractivity contribution in [3.63, 3.8) is 0 Å². The Morgan fingerprint density at radius 3 is 2.80 bits per heavy atom. The summed E-state index contributed by atoms with van der Waals surface area (Å²) in [7, 11) is 0. The average molecular weight is 205 g/mol. The van der Waals surface area contributed by atoms with Crippen molar-refractivity contribution >= 4 is 16.9 Å². The van der Waals surface area contributed by atoms with Gasteiger partial charge in [-0.15, -0.1) is 0 Å². The highest BCUT2D eigenvalue weighted by Crippen LogP contribution is 2.15. The third kappa shape index (κ3) is 1.70. The molecule has 0 bridgehead atoms. The highest BCUT2D eigenvalue weighted by atomic mass is 16.4. The molecular formula is C11H11NO3. The predicted octanol–water partition coefficient (Wildman–Crippen LogP) is 1.96. The second-order valence-electron chi connectivity index (χ2n) is 3.74. The molecule has 0 amide bonds. The van der Waals surface area contributed by atoms with Crippen molar-refractivity contribution in [1.82, 2.24) is 4.98 Å². The number of benzene rings is 1. The van der Waals surface area contributed by atoms with Crippen LogP contribution in [0.2, 0.25) is 0 Å². The molecule has 15 heavy (non-hydrogen) atoms. The molecular weight excluding hydrogens is 194 g/mol. The number of fused-ring (bicyclic) bond motifs is 1. The Bertz CT molecular complexity index is 562. The molecule has 0 saturated heterocycles. The molecule has 4 heteroatoms. The van der Waals surface area contributed by atoms with Gasteiger partial charge in [0.2, 0.25) is 0 Å². The second kappa shape index (κ2) is 3.38. The van der Waals surface area contributed by atoms with Crippen LogP contribution in [0.5, 0.6) is 0 Å². The molecule has 2 rings (SSSR count). The van der Waals surface area contributed by atoms with E-state index in [1.54, 1.807) is 18.2 Å². The first-order chi connectivity index (χ1) is 7.08. The van der Waals surface area contributed by atoms with E-state index in [-0.39, 0.29) is 11.7 Å². The molecule has 0 fully saturated rings. The summed E-state index contributed by atoms with van der Waals surface area (Å²) in [5.74, 6) is -0.520. The highest BCUT2D eigenvalue weighted by Gasteiger charge is 2.12. The van der Waals surface area contributed by atoms with Crippen molar-refractivity contribution in [1.29, 1.82) is 0 Å². The predicted molar refractivity (Wildman–Crippen MR) is 56.0 cm³/mol. The zero-order valence-electron chi connectivity index (χ0n) is 8.53. The number of carbonyl (C=O) groups excluding carboxylic acids is 1. The normalized spacial score (nSPS) is 11.1. The molecule has 0 aliphatic heterocycles. The van der Waals surface area contributed by atoms with E-state index < -0.39 is 5.76 Å². The summed E-state index contributed by atoms with van der Waals surface area (Å²) in [4.78, 5) is 25.1. The Morgan fingerprint density at radius 1 is 1.40 bits per heavy atom. The topological polar surface area (TPSA) is 63.1 Å². The number of rotatable bonds is 2. The number of ketones is 1. The third-order valence-electron chi connectivity index (χ3n) is 2.23. The van der Waals surface area contributed by atoms with Gasteiger partial charge < -0.3 is 4.42 Å². The summed E-state index contributed by atoms with van der Waals surface area (Å²) >= 11 is 0. The molecule has 1 N–H and O–H groups in total. The van der Waals surface area contributed by atoms with Crippen LogP contribution in [-0.2, 0) is 0 Å². The lowest BCUT2D eigenvalue weighted by Crippen LogP contribution is -2.06. The fourth-order valence-corrected chi connectivity index (χ4v) is 1.43. The van der Waals surface area contributed by atoms with E-state index in [0.717, 1.165) is 0 Å². The van der Waals surface area contributed by atoms with E-state index in [2.05, 4.69) is 4.98 Å². The molecule has 0 saturated carbocycles. The van der Waals surface area contributed by atoms with Gasteiger partial charge in [-0.1, -0.05) is 13.8 Å². The molecule has 1 aromatic heterocycles. The monoisotopic (exact) mass is 205 g/mol. The number of Topliss-reactive ketones (excluding diaryl/α,β-unsaturated/α-hetero) is 1. The van der Waals surface area contributed by atoms with Gasteiger partial charge in [0.15, 0.2) is 11.4 Å². The lowest BCUT2D eigenvalue weighted by molar-refractivity contribution is 0.0939. The summed E-state index contributed by atoms with van der Waals surface area (Å²) in [6.07, 6.45) is 0. The summed E-state index contributed by atoms with van der Waals surface area (Å²) in [5.41, 5.74) is 1.60. The molecule has 0 unspecified atom stereocenters. The van der Waals surface area contributed by atoms with Crippen LogP contribution in [0, 0.1) is 5.92 Å². The first kappa shape index (κ1) is 9.71. The number of H-pyrrole nitrogens is 1. The van der Waals surface area contributed by atoms with Crippen LogP contribution in [0.4, 0.5) is 0 Å². The Kier molecular flexibility index (Phi) is 2.19. The molecule has 0 spiro atoms. The van der Waals surface area contributed by atoms with Gasteiger partial charge in [0, 0.05) is 11.5 Å². The van der Waals surface area contributed by atoms with Crippen LogP contribution in [-0.4, -0.2) is 10.8 Å². The van der Waals surface area contributed by atoms with Crippen molar-refractivity contribution in [3.8, 4) is 0 Å². The maximum atomic E-state index is 11.7. The Morgan fingerprint density at radius 2 is 2.13 bits per heavy atom. The zero-order valence-corrected chi connectivity index (χ0v) is 8.53. The van der Waals surface area contributed by atoms with Crippen LogP contribution >= 0.6 is 0 Å². The van der Waals surface area contributed by atoms with E-state index in [1.807, 2.05) is 13.8 Å². The number of aromatic nitrogens is 1. The quantitative estimate of drug-likeness (QED) is 0.762. The minimum atomic E-state index is -0.501. The fourth-order valence-electron chi connectivity index (χ4n) is 1.43. The molecule has 78 valence electrons. The maximum absolute atomic E-state index is 11.7. The van der Waals surface area contributed by atoms with Gasteiger partial charge in [0.1, 0.15) is 0 Å². The maximum Gasteiger partial charge on any atom is 0.417 e. The van der Waals surface area contributed by atoms with Crippen molar-refractivity contribution in [2.75, 3.05) is 0 Å². The first-order valence-electron chi connectivity index (χ1n) is 4.75. The van der Waals surface area contributed by atoms with Gasteiger partial charge in [-0.25, -0.2) is 4.79 Å². The largest absolute Gasteiger partial charge is 0.417 e. The summed E-state index contributed by atoms with van der Waals surface area (Å²) in [6.45, 7) is 3.67. The Labute approximate surface area is 85.9 Å². The Balaban J connectivity index is 2.55. The third-order valence-corrected chi connectivity index (χ3v) is 2.23. The molecule has 0 aliphatic carbocycles. The number of hydrogen-bond acceptors (Lipinski definition) is 3. The molecule has 0 radical (unpaired) electrons. The van der Waals surface area contributed by atoms with Crippen molar-refractivity contribution in [3.05, 3.63) is 34.3 Å². The van der Waals surface area contributed by atoms with E-state index in [1.165, 1.54) is 0 Å². The number of aromatic amines is 1. The van der Waals surface area contributed by atoms with Crippen molar-refractivity contribution in [2.45, 2.75) is 13.8 Å². The zero-order chi connectivity index (χ0) is 11.0. The molecule has 0 atom stereocenters.